The minimum absolute atomic E-state index is 0.334. The van der Waals surface area contributed by atoms with Crippen molar-refractivity contribution in [1.82, 2.24) is 4.90 Å². The maximum atomic E-state index is 7.12. The Hall–Kier alpha value is -0.570. The van der Waals surface area contributed by atoms with Gasteiger partial charge in [0.25, 0.3) is 0 Å². The molecule has 0 atom stereocenters. The van der Waals surface area contributed by atoms with Crippen molar-refractivity contribution in [1.29, 1.82) is 5.41 Å². The first-order valence-electron chi connectivity index (χ1n) is 5.84. The average molecular weight is 197 g/mol. The normalized spacial score (nSPS) is 19.1. The molecule has 82 valence electrons. The van der Waals surface area contributed by atoms with Crippen molar-refractivity contribution in [2.45, 2.75) is 44.9 Å². The van der Waals surface area contributed by atoms with E-state index in [0.29, 0.717) is 5.84 Å². The van der Waals surface area contributed by atoms with Crippen LogP contribution in [0.25, 0.3) is 0 Å². The molecule has 0 radical (unpaired) electrons. The number of nitrogens with one attached hydrogen (secondary N) is 1. The van der Waals surface area contributed by atoms with Crippen LogP contribution in [0.15, 0.2) is 0 Å². The molecule has 3 nitrogen and oxygen atoms in total. The van der Waals surface area contributed by atoms with E-state index in [1.807, 2.05) is 0 Å². The molecule has 0 aromatic rings. The van der Waals surface area contributed by atoms with Gasteiger partial charge in [-0.05, 0) is 45.3 Å². The van der Waals surface area contributed by atoms with Gasteiger partial charge in [0.1, 0.15) is 0 Å². The molecular weight excluding hydrogens is 174 g/mol. The second-order valence-electron chi connectivity index (χ2n) is 4.24. The minimum atomic E-state index is 0.334. The smallest absolute Gasteiger partial charge is 0.0905 e. The molecule has 3 N–H and O–H groups in total. The van der Waals surface area contributed by atoms with E-state index < -0.39 is 0 Å². The zero-order valence-corrected chi connectivity index (χ0v) is 9.10. The zero-order valence-electron chi connectivity index (χ0n) is 9.10. The van der Waals surface area contributed by atoms with Gasteiger partial charge >= 0.3 is 0 Å². The number of hydrogen-bond donors (Lipinski definition) is 2. The van der Waals surface area contributed by atoms with E-state index in [2.05, 4.69) is 4.90 Å². The molecule has 1 heterocycles. The van der Waals surface area contributed by atoms with Gasteiger partial charge in [-0.15, -0.1) is 0 Å². The molecule has 1 aliphatic rings. The summed E-state index contributed by atoms with van der Waals surface area (Å²) in [6.45, 7) is 3.76. The second-order valence-corrected chi connectivity index (χ2v) is 4.24. The van der Waals surface area contributed by atoms with Crippen molar-refractivity contribution in [3.63, 3.8) is 0 Å². The van der Waals surface area contributed by atoms with Crippen molar-refractivity contribution < 1.29 is 0 Å². The molecule has 0 unspecified atom stereocenters. The molecule has 0 saturated carbocycles. The third-order valence-electron chi connectivity index (χ3n) is 2.87. The summed E-state index contributed by atoms with van der Waals surface area (Å²) < 4.78 is 0. The fraction of sp³-hybridized carbons (Fsp3) is 0.909. The molecule has 0 spiro atoms. The number of amidine groups is 1. The highest BCUT2D eigenvalue weighted by Crippen LogP contribution is 2.10. The summed E-state index contributed by atoms with van der Waals surface area (Å²) >= 11 is 0. The standard InChI is InChI=1S/C11H23N3/c12-11(13)7-3-6-10-14-8-4-1-2-5-9-14/h1-10H2,(H3,12,13). The van der Waals surface area contributed by atoms with Crippen LogP contribution in [0.4, 0.5) is 0 Å². The Morgan fingerprint density at radius 1 is 1.07 bits per heavy atom. The SMILES string of the molecule is N=C(N)CCCCN1CCCCCC1. The topological polar surface area (TPSA) is 53.1 Å². The molecule has 0 bridgehead atoms. The Morgan fingerprint density at radius 3 is 2.29 bits per heavy atom. The fourth-order valence-electron chi connectivity index (χ4n) is 2.01. The number of hydrogen-bond acceptors (Lipinski definition) is 2. The Balaban J connectivity index is 2.01. The van der Waals surface area contributed by atoms with E-state index in [4.69, 9.17) is 11.1 Å². The molecule has 1 aliphatic heterocycles. The Labute approximate surface area is 87.2 Å². The Morgan fingerprint density at radius 2 is 1.71 bits per heavy atom. The van der Waals surface area contributed by atoms with Crippen molar-refractivity contribution in [3.8, 4) is 0 Å². The van der Waals surface area contributed by atoms with E-state index >= 15 is 0 Å². The number of rotatable bonds is 5. The van der Waals surface area contributed by atoms with E-state index in [1.54, 1.807) is 0 Å². The largest absolute Gasteiger partial charge is 0.388 e. The zero-order chi connectivity index (χ0) is 10.2. The van der Waals surface area contributed by atoms with E-state index in [0.717, 1.165) is 12.8 Å². The number of nitrogens with zero attached hydrogens (tertiary/aromatic N) is 1. The van der Waals surface area contributed by atoms with Crippen LogP contribution in [-0.2, 0) is 0 Å². The highest BCUT2D eigenvalue weighted by Gasteiger charge is 2.07. The monoisotopic (exact) mass is 197 g/mol. The van der Waals surface area contributed by atoms with Crippen LogP contribution in [0.3, 0.4) is 0 Å². The van der Waals surface area contributed by atoms with Crippen molar-refractivity contribution >= 4 is 5.84 Å². The molecule has 3 heteroatoms. The van der Waals surface area contributed by atoms with Gasteiger partial charge in [0, 0.05) is 6.42 Å². The van der Waals surface area contributed by atoms with Gasteiger partial charge in [-0.1, -0.05) is 12.8 Å². The summed E-state index contributed by atoms with van der Waals surface area (Å²) in [5.74, 6) is 0.334. The predicted octanol–water partition coefficient (Wildman–Crippen LogP) is 1.97. The average Bonchev–Trinajstić information content (AvgIpc) is 2.40. The molecule has 1 saturated heterocycles. The van der Waals surface area contributed by atoms with Crippen LogP contribution < -0.4 is 5.73 Å². The van der Waals surface area contributed by atoms with Gasteiger partial charge in [-0.2, -0.15) is 0 Å². The lowest BCUT2D eigenvalue weighted by Gasteiger charge is -2.19. The summed E-state index contributed by atoms with van der Waals surface area (Å²) in [5.41, 5.74) is 5.31. The van der Waals surface area contributed by atoms with Gasteiger partial charge in [0.15, 0.2) is 0 Å². The number of nitrogens with two attached hydrogens (primary N) is 1. The van der Waals surface area contributed by atoms with Crippen LogP contribution in [0.1, 0.15) is 44.9 Å². The quantitative estimate of drug-likeness (QED) is 0.402. The predicted molar refractivity (Wildman–Crippen MR) is 60.7 cm³/mol. The van der Waals surface area contributed by atoms with E-state index in [9.17, 15) is 0 Å². The first kappa shape index (κ1) is 11.5. The van der Waals surface area contributed by atoms with Gasteiger partial charge in [0.05, 0.1) is 5.84 Å². The third-order valence-corrected chi connectivity index (χ3v) is 2.87. The first-order chi connectivity index (χ1) is 6.79. The lowest BCUT2D eigenvalue weighted by Crippen LogP contribution is -2.25. The van der Waals surface area contributed by atoms with Crippen LogP contribution in [0.5, 0.6) is 0 Å². The van der Waals surface area contributed by atoms with Gasteiger partial charge in [-0.25, -0.2) is 0 Å². The molecule has 1 fully saturated rings. The molecule has 14 heavy (non-hydrogen) atoms. The highest BCUT2D eigenvalue weighted by molar-refractivity contribution is 5.76. The lowest BCUT2D eigenvalue weighted by molar-refractivity contribution is 0.279. The highest BCUT2D eigenvalue weighted by atomic mass is 15.1. The van der Waals surface area contributed by atoms with Crippen LogP contribution in [0, 0.1) is 5.41 Å². The van der Waals surface area contributed by atoms with Gasteiger partial charge in [0.2, 0.25) is 0 Å². The summed E-state index contributed by atoms with van der Waals surface area (Å²) in [7, 11) is 0. The Kier molecular flexibility index (Phi) is 5.60. The molecule has 0 amide bonds. The molecule has 1 rings (SSSR count). The fourth-order valence-corrected chi connectivity index (χ4v) is 2.01. The van der Waals surface area contributed by atoms with E-state index in [1.165, 1.54) is 51.7 Å². The summed E-state index contributed by atoms with van der Waals surface area (Å²) in [6.07, 6.45) is 8.59. The number of likely N-dealkylation sites (tertiary alicyclic amines) is 1. The molecule has 0 aliphatic carbocycles. The number of unbranched alkanes of at least 4 members (excludes halogenated alkanes) is 1. The van der Waals surface area contributed by atoms with Gasteiger partial charge in [-0.3, -0.25) is 5.41 Å². The maximum absolute atomic E-state index is 7.12. The summed E-state index contributed by atoms with van der Waals surface area (Å²) in [4.78, 5) is 2.56. The van der Waals surface area contributed by atoms with Crippen molar-refractivity contribution in [2.75, 3.05) is 19.6 Å². The summed E-state index contributed by atoms with van der Waals surface area (Å²) in [6, 6.07) is 0. The van der Waals surface area contributed by atoms with Crippen molar-refractivity contribution in [3.05, 3.63) is 0 Å². The van der Waals surface area contributed by atoms with E-state index in [-0.39, 0.29) is 0 Å². The van der Waals surface area contributed by atoms with Crippen LogP contribution in [0.2, 0.25) is 0 Å². The maximum Gasteiger partial charge on any atom is 0.0905 e. The minimum Gasteiger partial charge on any atom is -0.388 e. The van der Waals surface area contributed by atoms with Crippen LogP contribution in [-0.4, -0.2) is 30.4 Å². The molecule has 0 aromatic heterocycles. The third kappa shape index (κ3) is 5.22. The first-order valence-corrected chi connectivity index (χ1v) is 5.84. The lowest BCUT2D eigenvalue weighted by atomic mass is 10.2. The second kappa shape index (κ2) is 6.82. The Bertz CT molecular complexity index is 160. The van der Waals surface area contributed by atoms with Gasteiger partial charge < -0.3 is 10.6 Å². The molecule has 0 aromatic carbocycles. The summed E-state index contributed by atoms with van der Waals surface area (Å²) in [5, 5.41) is 7.12. The van der Waals surface area contributed by atoms with Crippen LogP contribution >= 0.6 is 0 Å². The van der Waals surface area contributed by atoms with Crippen molar-refractivity contribution in [2.24, 2.45) is 5.73 Å². The molecular formula is C11H23N3.